The molecule has 0 saturated heterocycles. The number of nitrogens with one attached hydrogen (secondary N) is 1. The van der Waals surface area contributed by atoms with Crippen LogP contribution in [0.15, 0.2) is 28.7 Å². The van der Waals surface area contributed by atoms with Crippen molar-refractivity contribution < 1.29 is 27.8 Å². The molecular formula is C17H19F2NO4. The molecule has 0 aliphatic rings. The summed E-state index contributed by atoms with van der Waals surface area (Å²) in [4.78, 5) is 11.8. The van der Waals surface area contributed by atoms with Gasteiger partial charge >= 0.3 is 0 Å². The number of ether oxygens (including phenoxy) is 1. The van der Waals surface area contributed by atoms with Gasteiger partial charge in [-0.15, -0.1) is 0 Å². The maximum atomic E-state index is 13.4. The van der Waals surface area contributed by atoms with E-state index < -0.39 is 29.7 Å². The Morgan fingerprint density at radius 3 is 2.62 bits per heavy atom. The predicted octanol–water partition coefficient (Wildman–Crippen LogP) is 2.58. The van der Waals surface area contributed by atoms with E-state index in [1.54, 1.807) is 26.8 Å². The molecule has 0 spiro atoms. The monoisotopic (exact) mass is 339 g/mol. The third-order valence-corrected chi connectivity index (χ3v) is 3.50. The van der Waals surface area contributed by atoms with E-state index in [0.717, 1.165) is 12.1 Å². The van der Waals surface area contributed by atoms with Gasteiger partial charge in [-0.3, -0.25) is 4.79 Å². The van der Waals surface area contributed by atoms with Gasteiger partial charge in [-0.05, 0) is 39.0 Å². The molecule has 1 atom stereocenters. The van der Waals surface area contributed by atoms with Gasteiger partial charge in [-0.2, -0.15) is 0 Å². The van der Waals surface area contributed by atoms with Crippen LogP contribution in [0, 0.1) is 25.5 Å². The molecule has 7 heteroatoms. The van der Waals surface area contributed by atoms with E-state index in [4.69, 9.17) is 9.15 Å². The zero-order chi connectivity index (χ0) is 17.9. The summed E-state index contributed by atoms with van der Waals surface area (Å²) in [6.45, 7) is 4.50. The molecule has 24 heavy (non-hydrogen) atoms. The minimum Gasteiger partial charge on any atom is -0.481 e. The smallest absolute Gasteiger partial charge is 0.258 e. The Bertz CT molecular complexity index is 740. The average molecular weight is 339 g/mol. The van der Waals surface area contributed by atoms with Crippen LogP contribution in [-0.2, 0) is 10.4 Å². The first kappa shape index (κ1) is 17.9. The molecule has 0 fully saturated rings. The van der Waals surface area contributed by atoms with Crippen LogP contribution in [-0.4, -0.2) is 24.2 Å². The van der Waals surface area contributed by atoms with Crippen molar-refractivity contribution in [3.05, 3.63) is 53.0 Å². The number of aliphatic hydroxyl groups is 1. The SMILES string of the molecule is Cc1cc(C(C)(O)CNC(=O)COc2ccc(F)cc2F)c(C)o1. The van der Waals surface area contributed by atoms with Crippen LogP contribution in [0.25, 0.3) is 0 Å². The van der Waals surface area contributed by atoms with E-state index in [-0.39, 0.29) is 12.3 Å². The van der Waals surface area contributed by atoms with E-state index in [9.17, 15) is 18.7 Å². The van der Waals surface area contributed by atoms with Gasteiger partial charge in [-0.1, -0.05) is 0 Å². The van der Waals surface area contributed by atoms with Crippen molar-refractivity contribution >= 4 is 5.91 Å². The number of aryl methyl sites for hydroxylation is 2. The summed E-state index contributed by atoms with van der Waals surface area (Å²) in [7, 11) is 0. The topological polar surface area (TPSA) is 71.7 Å². The summed E-state index contributed by atoms with van der Waals surface area (Å²) in [6.07, 6.45) is 0. The molecule has 0 saturated carbocycles. The number of benzene rings is 1. The summed E-state index contributed by atoms with van der Waals surface area (Å²) < 4.78 is 36.5. The molecule has 0 aliphatic heterocycles. The van der Waals surface area contributed by atoms with E-state index in [1.165, 1.54) is 0 Å². The molecular weight excluding hydrogens is 320 g/mol. The van der Waals surface area contributed by atoms with Crippen LogP contribution < -0.4 is 10.1 Å². The third-order valence-electron chi connectivity index (χ3n) is 3.50. The second-order valence-electron chi connectivity index (χ2n) is 5.74. The summed E-state index contributed by atoms with van der Waals surface area (Å²) in [5, 5.41) is 13.0. The highest BCUT2D eigenvalue weighted by Gasteiger charge is 2.28. The first-order chi connectivity index (χ1) is 11.2. The summed E-state index contributed by atoms with van der Waals surface area (Å²) in [5.74, 6) is -1.16. The fourth-order valence-electron chi connectivity index (χ4n) is 2.32. The number of rotatable bonds is 6. The van der Waals surface area contributed by atoms with Crippen LogP contribution in [0.3, 0.4) is 0 Å². The van der Waals surface area contributed by atoms with Gasteiger partial charge in [0.15, 0.2) is 18.2 Å². The first-order valence-corrected chi connectivity index (χ1v) is 7.33. The molecule has 2 aromatic rings. The van der Waals surface area contributed by atoms with E-state index in [2.05, 4.69) is 5.32 Å². The quantitative estimate of drug-likeness (QED) is 0.848. The number of halogens is 2. The molecule has 0 bridgehead atoms. The van der Waals surface area contributed by atoms with Crippen LogP contribution in [0.1, 0.15) is 24.0 Å². The fraction of sp³-hybridized carbons (Fsp3) is 0.353. The Morgan fingerprint density at radius 2 is 2.04 bits per heavy atom. The zero-order valence-electron chi connectivity index (χ0n) is 13.7. The number of hydrogen-bond donors (Lipinski definition) is 2. The Kier molecular flexibility index (Phi) is 5.23. The molecule has 130 valence electrons. The van der Waals surface area contributed by atoms with E-state index in [1.807, 2.05) is 0 Å². The van der Waals surface area contributed by atoms with Gasteiger partial charge < -0.3 is 19.6 Å². The van der Waals surface area contributed by atoms with Gasteiger partial charge in [0.2, 0.25) is 0 Å². The summed E-state index contributed by atoms with van der Waals surface area (Å²) in [5.41, 5.74) is -0.746. The van der Waals surface area contributed by atoms with Gasteiger partial charge in [-0.25, -0.2) is 8.78 Å². The van der Waals surface area contributed by atoms with Crippen molar-refractivity contribution in [3.8, 4) is 5.75 Å². The lowest BCUT2D eigenvalue weighted by Gasteiger charge is -2.23. The van der Waals surface area contributed by atoms with Gasteiger partial charge in [0.1, 0.15) is 22.9 Å². The normalized spacial score (nSPS) is 13.4. The molecule has 1 amide bonds. The van der Waals surface area contributed by atoms with Crippen molar-refractivity contribution in [1.29, 1.82) is 0 Å². The van der Waals surface area contributed by atoms with Crippen molar-refractivity contribution in [1.82, 2.24) is 5.32 Å². The van der Waals surface area contributed by atoms with Gasteiger partial charge in [0.25, 0.3) is 5.91 Å². The van der Waals surface area contributed by atoms with E-state index in [0.29, 0.717) is 23.2 Å². The van der Waals surface area contributed by atoms with Crippen molar-refractivity contribution in [2.75, 3.05) is 13.2 Å². The number of carbonyl (C=O) groups is 1. The summed E-state index contributed by atoms with van der Waals surface area (Å²) >= 11 is 0. The average Bonchev–Trinajstić information content (AvgIpc) is 2.84. The minimum atomic E-state index is -1.32. The van der Waals surface area contributed by atoms with Crippen LogP contribution in [0.4, 0.5) is 8.78 Å². The third kappa shape index (κ3) is 4.32. The minimum absolute atomic E-state index is 0.0685. The number of hydrogen-bond acceptors (Lipinski definition) is 4. The molecule has 5 nitrogen and oxygen atoms in total. The lowest BCUT2D eigenvalue weighted by Crippen LogP contribution is -2.40. The van der Waals surface area contributed by atoms with E-state index >= 15 is 0 Å². The largest absolute Gasteiger partial charge is 0.481 e. The first-order valence-electron chi connectivity index (χ1n) is 7.33. The standard InChI is InChI=1S/C17H19F2NO4/c1-10-6-13(11(2)24-10)17(3,22)9-20-16(21)8-23-15-5-4-12(18)7-14(15)19/h4-7,22H,8-9H2,1-3H3,(H,20,21). The van der Waals surface area contributed by atoms with Gasteiger partial charge in [0.05, 0.1) is 6.54 Å². The fourth-order valence-corrected chi connectivity index (χ4v) is 2.32. The molecule has 2 N–H and O–H groups in total. The second-order valence-corrected chi connectivity index (χ2v) is 5.74. The number of carbonyl (C=O) groups excluding carboxylic acids is 1. The Balaban J connectivity index is 1.89. The molecule has 1 heterocycles. The number of furan rings is 1. The molecule has 0 radical (unpaired) electrons. The second kappa shape index (κ2) is 7.00. The lowest BCUT2D eigenvalue weighted by atomic mass is 9.96. The Labute approximate surface area is 138 Å². The van der Waals surface area contributed by atoms with Crippen molar-refractivity contribution in [2.45, 2.75) is 26.4 Å². The highest BCUT2D eigenvalue weighted by atomic mass is 19.1. The van der Waals surface area contributed by atoms with Crippen molar-refractivity contribution in [2.24, 2.45) is 0 Å². The molecule has 1 unspecified atom stereocenters. The van der Waals surface area contributed by atoms with Crippen LogP contribution in [0.2, 0.25) is 0 Å². The molecule has 1 aromatic heterocycles. The van der Waals surface area contributed by atoms with Crippen LogP contribution in [0.5, 0.6) is 5.75 Å². The maximum absolute atomic E-state index is 13.4. The Hall–Kier alpha value is -2.41. The highest BCUT2D eigenvalue weighted by Crippen LogP contribution is 2.26. The van der Waals surface area contributed by atoms with Crippen LogP contribution >= 0.6 is 0 Å². The summed E-state index contributed by atoms with van der Waals surface area (Å²) in [6, 6.07) is 4.50. The Morgan fingerprint density at radius 1 is 1.33 bits per heavy atom. The predicted molar refractivity (Wildman–Crippen MR) is 82.6 cm³/mol. The number of amides is 1. The maximum Gasteiger partial charge on any atom is 0.258 e. The van der Waals surface area contributed by atoms with Crippen molar-refractivity contribution in [3.63, 3.8) is 0 Å². The lowest BCUT2D eigenvalue weighted by molar-refractivity contribution is -0.124. The zero-order valence-corrected chi connectivity index (χ0v) is 13.7. The highest BCUT2D eigenvalue weighted by molar-refractivity contribution is 5.77. The molecule has 0 aliphatic carbocycles. The van der Waals surface area contributed by atoms with Gasteiger partial charge in [0, 0.05) is 11.6 Å². The molecule has 1 aromatic carbocycles. The molecule has 2 rings (SSSR count).